The number of carbonyl (C=O) groups is 2. The van der Waals surface area contributed by atoms with E-state index in [2.05, 4.69) is 5.32 Å². The van der Waals surface area contributed by atoms with Gasteiger partial charge in [0, 0.05) is 13.7 Å². The van der Waals surface area contributed by atoms with Crippen molar-refractivity contribution in [3.8, 4) is 0 Å². The maximum absolute atomic E-state index is 13.8. The van der Waals surface area contributed by atoms with Crippen LogP contribution in [0.15, 0.2) is 18.2 Å². The first-order chi connectivity index (χ1) is 9.92. The topological polar surface area (TPSA) is 78.9 Å². The fourth-order valence-electron chi connectivity index (χ4n) is 1.99. The van der Waals surface area contributed by atoms with E-state index >= 15 is 0 Å². The van der Waals surface area contributed by atoms with Crippen molar-refractivity contribution in [2.75, 3.05) is 25.6 Å². The normalized spacial score (nSPS) is 11.8. The van der Waals surface area contributed by atoms with Crippen LogP contribution in [0, 0.1) is 5.82 Å². The molecule has 116 valence electrons. The summed E-state index contributed by atoms with van der Waals surface area (Å²) in [5, 5.41) is 11.4. The first-order valence-corrected chi connectivity index (χ1v) is 6.50. The summed E-state index contributed by atoms with van der Waals surface area (Å²) in [5.74, 6) is -2.10. The van der Waals surface area contributed by atoms with Crippen molar-refractivity contribution in [1.29, 1.82) is 0 Å². The van der Waals surface area contributed by atoms with Crippen LogP contribution in [0.4, 0.5) is 14.9 Å². The number of carboxylic acid groups (broad SMARTS) is 1. The number of ether oxygens (including phenoxy) is 1. The second kappa shape index (κ2) is 7.58. The smallest absolute Gasteiger partial charge is 0.337 e. The third-order valence-corrected chi connectivity index (χ3v) is 3.02. The van der Waals surface area contributed by atoms with Crippen LogP contribution < -0.4 is 5.32 Å². The van der Waals surface area contributed by atoms with Crippen LogP contribution in [0.3, 0.4) is 0 Å². The van der Waals surface area contributed by atoms with Gasteiger partial charge in [-0.1, -0.05) is 6.07 Å². The van der Waals surface area contributed by atoms with E-state index in [9.17, 15) is 14.0 Å². The molecule has 0 fully saturated rings. The van der Waals surface area contributed by atoms with E-state index in [1.54, 1.807) is 13.8 Å². The summed E-state index contributed by atoms with van der Waals surface area (Å²) < 4.78 is 18.7. The number of hydrogen-bond donors (Lipinski definition) is 2. The van der Waals surface area contributed by atoms with Gasteiger partial charge in [0.25, 0.3) is 0 Å². The summed E-state index contributed by atoms with van der Waals surface area (Å²) in [6.45, 7) is 4.26. The third kappa shape index (κ3) is 4.16. The monoisotopic (exact) mass is 298 g/mol. The average Bonchev–Trinajstić information content (AvgIpc) is 2.41. The summed E-state index contributed by atoms with van der Waals surface area (Å²) in [4.78, 5) is 24.7. The number of nitrogens with one attached hydrogen (secondary N) is 1. The first-order valence-electron chi connectivity index (χ1n) is 6.50. The molecule has 0 saturated carbocycles. The minimum absolute atomic E-state index is 0.222. The molecule has 0 aliphatic carbocycles. The number of rotatable bonds is 6. The number of halogens is 1. The number of hydrogen-bond acceptors (Lipinski definition) is 3. The van der Waals surface area contributed by atoms with Crippen molar-refractivity contribution in [2.24, 2.45) is 0 Å². The largest absolute Gasteiger partial charge is 0.478 e. The van der Waals surface area contributed by atoms with Crippen molar-refractivity contribution in [1.82, 2.24) is 4.90 Å². The highest BCUT2D eigenvalue weighted by atomic mass is 19.1. The van der Waals surface area contributed by atoms with Crippen LogP contribution in [0.5, 0.6) is 0 Å². The molecule has 0 bridgehead atoms. The van der Waals surface area contributed by atoms with Crippen molar-refractivity contribution in [3.05, 3.63) is 29.6 Å². The molecule has 2 N–H and O–H groups in total. The molecule has 6 nitrogen and oxygen atoms in total. The van der Waals surface area contributed by atoms with Gasteiger partial charge in [-0.05, 0) is 26.0 Å². The van der Waals surface area contributed by atoms with E-state index in [0.717, 1.165) is 6.07 Å². The van der Waals surface area contributed by atoms with Crippen molar-refractivity contribution in [2.45, 2.75) is 19.9 Å². The molecule has 7 heteroatoms. The van der Waals surface area contributed by atoms with Crippen molar-refractivity contribution < 1.29 is 23.8 Å². The van der Waals surface area contributed by atoms with Crippen LogP contribution in [-0.2, 0) is 4.74 Å². The predicted octanol–water partition coefficient (Wildman–Crippen LogP) is 2.41. The first kappa shape index (κ1) is 16.9. The van der Waals surface area contributed by atoms with Gasteiger partial charge < -0.3 is 20.1 Å². The molecule has 21 heavy (non-hydrogen) atoms. The van der Waals surface area contributed by atoms with Crippen molar-refractivity contribution >= 4 is 17.7 Å². The Hall–Kier alpha value is -2.15. The summed E-state index contributed by atoms with van der Waals surface area (Å²) >= 11 is 0. The number of para-hydroxylation sites is 1. The van der Waals surface area contributed by atoms with E-state index < -0.39 is 17.8 Å². The second-order valence-corrected chi connectivity index (χ2v) is 4.49. The molecule has 0 heterocycles. The highest BCUT2D eigenvalue weighted by Crippen LogP contribution is 2.20. The summed E-state index contributed by atoms with van der Waals surface area (Å²) in [5.41, 5.74) is -0.628. The molecule has 1 atom stereocenters. The van der Waals surface area contributed by atoms with Crippen LogP contribution in [0.1, 0.15) is 24.2 Å². The number of benzene rings is 1. The van der Waals surface area contributed by atoms with Crippen LogP contribution in [0.25, 0.3) is 0 Å². The van der Waals surface area contributed by atoms with Crippen LogP contribution in [-0.4, -0.2) is 48.3 Å². The predicted molar refractivity (Wildman–Crippen MR) is 76.1 cm³/mol. The number of urea groups is 1. The van der Waals surface area contributed by atoms with Crippen molar-refractivity contribution in [3.63, 3.8) is 0 Å². The maximum Gasteiger partial charge on any atom is 0.337 e. The Morgan fingerprint density at radius 3 is 2.67 bits per heavy atom. The van der Waals surface area contributed by atoms with Gasteiger partial charge in [0.15, 0.2) is 0 Å². The lowest BCUT2D eigenvalue weighted by molar-refractivity contribution is 0.0697. The second-order valence-electron chi connectivity index (χ2n) is 4.49. The number of amides is 2. The highest BCUT2D eigenvalue weighted by Gasteiger charge is 2.22. The lowest BCUT2D eigenvalue weighted by atomic mass is 10.1. The molecular formula is C14H19FN2O4. The van der Waals surface area contributed by atoms with Gasteiger partial charge in [-0.2, -0.15) is 0 Å². The van der Waals surface area contributed by atoms with Gasteiger partial charge in [-0.25, -0.2) is 14.0 Å². The van der Waals surface area contributed by atoms with Gasteiger partial charge in [0.05, 0.1) is 23.9 Å². The zero-order chi connectivity index (χ0) is 16.0. The molecule has 0 radical (unpaired) electrons. The average molecular weight is 298 g/mol. The molecule has 1 rings (SSSR count). The number of likely N-dealkylation sites (N-methyl/N-ethyl adjacent to an activating group) is 1. The SMILES string of the molecule is CCN(C(=O)Nc1c(F)cccc1C(=O)O)C(C)COC. The number of carboxylic acids is 1. The lowest BCUT2D eigenvalue weighted by Crippen LogP contribution is -2.43. The lowest BCUT2D eigenvalue weighted by Gasteiger charge is -2.28. The molecule has 0 saturated heterocycles. The van der Waals surface area contributed by atoms with E-state index in [4.69, 9.17) is 9.84 Å². The Morgan fingerprint density at radius 2 is 2.14 bits per heavy atom. The molecule has 1 aromatic rings. The standard InChI is InChI=1S/C14H19FN2O4/c1-4-17(9(2)8-21-3)14(20)16-12-10(13(18)19)6-5-7-11(12)15/h5-7,9H,4,8H2,1-3H3,(H,16,20)(H,18,19). The summed E-state index contributed by atoms with van der Waals surface area (Å²) in [7, 11) is 1.52. The van der Waals surface area contributed by atoms with Gasteiger partial charge in [-0.3, -0.25) is 0 Å². The van der Waals surface area contributed by atoms with Gasteiger partial charge in [-0.15, -0.1) is 0 Å². The molecule has 0 spiro atoms. The Bertz CT molecular complexity index is 522. The molecular weight excluding hydrogens is 279 g/mol. The minimum Gasteiger partial charge on any atom is -0.478 e. The number of methoxy groups -OCH3 is 1. The van der Waals surface area contributed by atoms with E-state index in [0.29, 0.717) is 13.2 Å². The molecule has 0 aliphatic heterocycles. The summed E-state index contributed by atoms with van der Waals surface area (Å²) in [6, 6.07) is 2.81. The van der Waals surface area contributed by atoms with E-state index in [1.165, 1.54) is 24.1 Å². The Balaban J connectivity index is 2.99. The Labute approximate surface area is 122 Å². The quantitative estimate of drug-likeness (QED) is 0.845. The molecule has 1 aromatic carbocycles. The Morgan fingerprint density at radius 1 is 1.48 bits per heavy atom. The zero-order valence-corrected chi connectivity index (χ0v) is 12.2. The highest BCUT2D eigenvalue weighted by molar-refractivity contribution is 6.00. The van der Waals surface area contributed by atoms with Gasteiger partial charge in [0.1, 0.15) is 5.82 Å². The minimum atomic E-state index is -1.31. The van der Waals surface area contributed by atoms with Crippen LogP contribution in [0.2, 0.25) is 0 Å². The third-order valence-electron chi connectivity index (χ3n) is 3.02. The zero-order valence-electron chi connectivity index (χ0n) is 12.2. The van der Waals surface area contributed by atoms with E-state index in [-0.39, 0.29) is 17.3 Å². The molecule has 2 amide bonds. The fraction of sp³-hybridized carbons (Fsp3) is 0.429. The Kier molecular flexibility index (Phi) is 6.10. The van der Waals surface area contributed by atoms with Crippen LogP contribution >= 0.6 is 0 Å². The number of anilines is 1. The number of nitrogens with zero attached hydrogens (tertiary/aromatic N) is 1. The summed E-state index contributed by atoms with van der Waals surface area (Å²) in [6.07, 6.45) is 0. The molecule has 0 aliphatic rings. The molecule has 1 unspecified atom stereocenters. The number of aromatic carboxylic acids is 1. The van der Waals surface area contributed by atoms with E-state index in [1.807, 2.05) is 0 Å². The maximum atomic E-state index is 13.8. The van der Waals surface area contributed by atoms with Gasteiger partial charge in [0.2, 0.25) is 0 Å². The number of carbonyl (C=O) groups excluding carboxylic acids is 1. The molecule has 0 aromatic heterocycles. The fourth-order valence-corrected chi connectivity index (χ4v) is 1.99. The van der Waals surface area contributed by atoms with Gasteiger partial charge >= 0.3 is 12.0 Å².